The second kappa shape index (κ2) is 10.1. The van der Waals surface area contributed by atoms with Gasteiger partial charge in [-0.1, -0.05) is 26.2 Å². The first-order chi connectivity index (χ1) is 6.93. The molecule has 0 unspecified atom stereocenters. The molecule has 0 radical (unpaired) electrons. The molecule has 2 aliphatic carbocycles. The van der Waals surface area contributed by atoms with E-state index in [1.807, 2.05) is 6.08 Å². The van der Waals surface area contributed by atoms with Gasteiger partial charge in [-0.25, -0.2) is 23.8 Å². The number of rotatable bonds is 1. The standard InChI is InChI=1S/2C7H9.Ru/c1-2-7-5-3-4-6-7;1-2-4-6-7-5-3-1;/h3,5H,2,4H2,1H3;1-3H,4,6-7H2;/q2*-1;+2. The van der Waals surface area contributed by atoms with Gasteiger partial charge in [0.1, 0.15) is 0 Å². The molecule has 2 aliphatic rings. The quantitative estimate of drug-likeness (QED) is 0.501. The van der Waals surface area contributed by atoms with Gasteiger partial charge in [0.2, 0.25) is 0 Å². The van der Waals surface area contributed by atoms with Crippen molar-refractivity contribution in [1.82, 2.24) is 0 Å². The Kier molecular flexibility index (Phi) is 9.83. The minimum absolute atomic E-state index is 0. The normalized spacial score (nSPS) is 17.3. The van der Waals surface area contributed by atoms with E-state index < -0.39 is 0 Å². The van der Waals surface area contributed by atoms with Crippen LogP contribution in [-0.4, -0.2) is 0 Å². The van der Waals surface area contributed by atoms with Crippen LogP contribution in [0.3, 0.4) is 0 Å². The molecule has 1 heteroatoms. The summed E-state index contributed by atoms with van der Waals surface area (Å²) < 4.78 is 0. The van der Waals surface area contributed by atoms with Crippen LogP contribution in [0.4, 0.5) is 0 Å². The Morgan fingerprint density at radius 3 is 2.80 bits per heavy atom. The molecule has 0 saturated heterocycles. The summed E-state index contributed by atoms with van der Waals surface area (Å²) in [4.78, 5) is 0. The molecule has 0 aromatic carbocycles. The van der Waals surface area contributed by atoms with Gasteiger partial charge >= 0.3 is 19.5 Å². The number of allylic oxidation sites excluding steroid dienone is 8. The van der Waals surface area contributed by atoms with E-state index in [1.54, 1.807) is 0 Å². The molecule has 15 heavy (non-hydrogen) atoms. The SMILES string of the molecule is CCC1=[C-]CC=C1.[C-]1=CC=CCCC1.[Ru+2]. The van der Waals surface area contributed by atoms with Crippen molar-refractivity contribution < 1.29 is 19.5 Å². The van der Waals surface area contributed by atoms with Crippen molar-refractivity contribution in [1.29, 1.82) is 0 Å². The maximum Gasteiger partial charge on any atom is 2.00 e. The van der Waals surface area contributed by atoms with Gasteiger partial charge in [-0.05, 0) is 0 Å². The zero-order valence-corrected chi connectivity index (χ0v) is 11.0. The molecule has 0 fully saturated rings. The Bertz CT molecular complexity index is 245. The topological polar surface area (TPSA) is 0 Å². The van der Waals surface area contributed by atoms with E-state index >= 15 is 0 Å². The van der Waals surface area contributed by atoms with Crippen LogP contribution >= 0.6 is 0 Å². The van der Waals surface area contributed by atoms with E-state index in [1.165, 1.54) is 18.4 Å². The molecular formula is C14H18Ru. The van der Waals surface area contributed by atoms with E-state index in [4.69, 9.17) is 0 Å². The largest absolute Gasteiger partial charge is 2.00 e. The second-order valence-corrected chi connectivity index (χ2v) is 3.35. The summed E-state index contributed by atoms with van der Waals surface area (Å²) in [5.74, 6) is 0. The van der Waals surface area contributed by atoms with Gasteiger partial charge in [0.25, 0.3) is 0 Å². The Morgan fingerprint density at radius 1 is 1.33 bits per heavy atom. The molecule has 0 amide bonds. The van der Waals surface area contributed by atoms with Crippen molar-refractivity contribution in [2.75, 3.05) is 0 Å². The van der Waals surface area contributed by atoms with Gasteiger partial charge in [-0.2, -0.15) is 12.2 Å². The molecular weight excluding hydrogens is 269 g/mol. The zero-order valence-electron chi connectivity index (χ0n) is 9.28. The van der Waals surface area contributed by atoms with Gasteiger partial charge < -0.3 is 0 Å². The molecule has 0 N–H and O–H groups in total. The van der Waals surface area contributed by atoms with Crippen LogP contribution in [-0.2, 0) is 19.5 Å². The fraction of sp³-hybridized carbons (Fsp3) is 0.429. The third-order valence-corrected chi connectivity index (χ3v) is 2.19. The van der Waals surface area contributed by atoms with Gasteiger partial charge in [0.05, 0.1) is 0 Å². The third kappa shape index (κ3) is 7.51. The average Bonchev–Trinajstić information content (AvgIpc) is 2.58. The van der Waals surface area contributed by atoms with Gasteiger partial charge in [-0.15, -0.1) is 12.8 Å². The minimum atomic E-state index is 0. The first kappa shape index (κ1) is 14.6. The van der Waals surface area contributed by atoms with Crippen LogP contribution < -0.4 is 0 Å². The molecule has 0 aromatic rings. The third-order valence-electron chi connectivity index (χ3n) is 2.19. The molecule has 0 aliphatic heterocycles. The van der Waals surface area contributed by atoms with Gasteiger partial charge in [0, 0.05) is 0 Å². The van der Waals surface area contributed by atoms with E-state index in [2.05, 4.69) is 43.4 Å². The molecule has 0 heterocycles. The maximum atomic E-state index is 3.21. The van der Waals surface area contributed by atoms with Crippen LogP contribution in [0, 0.1) is 12.2 Å². The second-order valence-electron chi connectivity index (χ2n) is 3.35. The molecule has 0 bridgehead atoms. The maximum absolute atomic E-state index is 3.21. The van der Waals surface area contributed by atoms with Crippen LogP contribution in [0.1, 0.15) is 39.0 Å². The smallest absolute Gasteiger partial charge is 0.275 e. The summed E-state index contributed by atoms with van der Waals surface area (Å²) in [6.07, 6.45) is 22.7. The summed E-state index contributed by atoms with van der Waals surface area (Å²) in [7, 11) is 0. The summed E-state index contributed by atoms with van der Waals surface area (Å²) in [5, 5.41) is 0. The van der Waals surface area contributed by atoms with Gasteiger partial charge in [0.15, 0.2) is 0 Å². The fourth-order valence-electron chi connectivity index (χ4n) is 1.33. The molecule has 0 saturated carbocycles. The van der Waals surface area contributed by atoms with E-state index in [-0.39, 0.29) is 19.5 Å². The van der Waals surface area contributed by atoms with Crippen molar-refractivity contribution in [3.05, 3.63) is 48.1 Å². The van der Waals surface area contributed by atoms with Crippen LogP contribution in [0.15, 0.2) is 36.0 Å². The summed E-state index contributed by atoms with van der Waals surface area (Å²) in [6.45, 7) is 2.15. The number of hydrogen-bond acceptors (Lipinski definition) is 0. The first-order valence-corrected chi connectivity index (χ1v) is 5.41. The molecule has 0 atom stereocenters. The molecule has 2 rings (SSSR count). The van der Waals surface area contributed by atoms with E-state index in [0.29, 0.717) is 0 Å². The van der Waals surface area contributed by atoms with Crippen LogP contribution in [0.25, 0.3) is 0 Å². The number of hydrogen-bond donors (Lipinski definition) is 0. The van der Waals surface area contributed by atoms with E-state index in [9.17, 15) is 0 Å². The summed E-state index contributed by atoms with van der Waals surface area (Å²) in [5.41, 5.74) is 1.36. The minimum Gasteiger partial charge on any atom is -0.275 e. The zero-order chi connectivity index (χ0) is 10.1. The Balaban J connectivity index is 0.000000245. The van der Waals surface area contributed by atoms with Crippen molar-refractivity contribution in [3.8, 4) is 0 Å². The summed E-state index contributed by atoms with van der Waals surface area (Å²) in [6, 6.07) is 0. The van der Waals surface area contributed by atoms with Crippen molar-refractivity contribution >= 4 is 0 Å². The first-order valence-electron chi connectivity index (χ1n) is 5.41. The van der Waals surface area contributed by atoms with E-state index in [0.717, 1.165) is 19.3 Å². The Morgan fingerprint density at radius 2 is 2.20 bits per heavy atom. The monoisotopic (exact) mass is 288 g/mol. The summed E-state index contributed by atoms with van der Waals surface area (Å²) >= 11 is 0. The van der Waals surface area contributed by atoms with Crippen molar-refractivity contribution in [2.24, 2.45) is 0 Å². The Labute approximate surface area is 107 Å². The van der Waals surface area contributed by atoms with Crippen molar-refractivity contribution in [2.45, 2.75) is 39.0 Å². The van der Waals surface area contributed by atoms with Crippen LogP contribution in [0.2, 0.25) is 0 Å². The molecule has 0 nitrogen and oxygen atoms in total. The predicted molar refractivity (Wildman–Crippen MR) is 61.6 cm³/mol. The predicted octanol–water partition coefficient (Wildman–Crippen LogP) is 4.17. The van der Waals surface area contributed by atoms with Crippen molar-refractivity contribution in [3.63, 3.8) is 0 Å². The Hall–Kier alpha value is -0.417. The molecule has 82 valence electrons. The van der Waals surface area contributed by atoms with Gasteiger partial charge in [-0.3, -0.25) is 12.2 Å². The molecule has 0 aromatic heterocycles. The molecule has 0 spiro atoms. The van der Waals surface area contributed by atoms with Crippen LogP contribution in [0.5, 0.6) is 0 Å². The fourth-order valence-corrected chi connectivity index (χ4v) is 1.33. The average molecular weight is 287 g/mol.